The molecule has 3 N–H and O–H groups in total. The summed E-state index contributed by atoms with van der Waals surface area (Å²) in [6.45, 7) is 6.10. The van der Waals surface area contributed by atoms with Crippen molar-refractivity contribution in [2.75, 3.05) is 51.6 Å². The number of para-hydroxylation sites is 1. The Bertz CT molecular complexity index is 1340. The fourth-order valence-electron chi connectivity index (χ4n) is 4.52. The van der Waals surface area contributed by atoms with Crippen LogP contribution >= 0.6 is 11.6 Å². The summed E-state index contributed by atoms with van der Waals surface area (Å²) in [5, 5.41) is 15.7. The molecular formula is C28H31ClN6O. The highest BCUT2D eigenvalue weighted by molar-refractivity contribution is 6.33. The molecular weight excluding hydrogens is 472 g/mol. The van der Waals surface area contributed by atoms with Crippen LogP contribution in [0.4, 0.5) is 11.4 Å². The van der Waals surface area contributed by atoms with E-state index in [4.69, 9.17) is 11.6 Å². The Balaban J connectivity index is 1.22. The number of carbonyl (C=O) groups excluding carboxylic acids is 1. The van der Waals surface area contributed by atoms with Crippen LogP contribution < -0.4 is 10.6 Å². The first kappa shape index (κ1) is 24.3. The van der Waals surface area contributed by atoms with Gasteiger partial charge in [0.1, 0.15) is 0 Å². The summed E-state index contributed by atoms with van der Waals surface area (Å²) in [7, 11) is 2.16. The van der Waals surface area contributed by atoms with Gasteiger partial charge < -0.3 is 20.4 Å². The molecule has 3 aromatic carbocycles. The van der Waals surface area contributed by atoms with E-state index in [1.54, 1.807) is 0 Å². The molecule has 0 unspecified atom stereocenters. The number of rotatable bonds is 8. The molecule has 1 aromatic heterocycles. The van der Waals surface area contributed by atoms with E-state index in [0.717, 1.165) is 72.7 Å². The van der Waals surface area contributed by atoms with Crippen molar-refractivity contribution >= 4 is 39.8 Å². The lowest BCUT2D eigenvalue weighted by atomic mass is 10.0. The van der Waals surface area contributed by atoms with Crippen LogP contribution in [0.5, 0.6) is 0 Å². The third kappa shape index (κ3) is 5.70. The van der Waals surface area contributed by atoms with E-state index < -0.39 is 0 Å². The predicted octanol–water partition coefficient (Wildman–Crippen LogP) is 4.99. The van der Waals surface area contributed by atoms with Gasteiger partial charge in [-0.05, 0) is 62.5 Å². The van der Waals surface area contributed by atoms with Crippen LogP contribution in [0.2, 0.25) is 5.02 Å². The maximum absolute atomic E-state index is 12.8. The van der Waals surface area contributed by atoms with Crippen molar-refractivity contribution in [3.63, 3.8) is 0 Å². The van der Waals surface area contributed by atoms with Gasteiger partial charge in [0.05, 0.1) is 21.9 Å². The molecule has 1 aliphatic rings. The van der Waals surface area contributed by atoms with Gasteiger partial charge >= 0.3 is 0 Å². The van der Waals surface area contributed by atoms with E-state index in [0.29, 0.717) is 17.1 Å². The minimum atomic E-state index is -0.0544. The maximum atomic E-state index is 12.8. The van der Waals surface area contributed by atoms with Crippen LogP contribution in [0.1, 0.15) is 16.8 Å². The number of benzene rings is 3. The summed E-state index contributed by atoms with van der Waals surface area (Å²) in [5.74, 6) is -0.0544. The number of H-pyrrole nitrogens is 1. The fraction of sp³-hybridized carbons (Fsp3) is 0.286. The van der Waals surface area contributed by atoms with E-state index in [1.807, 2.05) is 66.7 Å². The predicted molar refractivity (Wildman–Crippen MR) is 147 cm³/mol. The SMILES string of the molecule is CN1CCN(CCCNC(=O)c2cccc(-c3n[nH]c4cc(Nc5ccccc5Cl)ccc34)c2)CC1. The number of carbonyl (C=O) groups is 1. The Kier molecular flexibility index (Phi) is 7.51. The minimum Gasteiger partial charge on any atom is -0.354 e. The number of hydrogen-bond acceptors (Lipinski definition) is 5. The lowest BCUT2D eigenvalue weighted by molar-refractivity contribution is 0.0949. The first-order chi connectivity index (χ1) is 17.6. The zero-order valence-electron chi connectivity index (χ0n) is 20.4. The largest absolute Gasteiger partial charge is 0.354 e. The highest BCUT2D eigenvalue weighted by atomic mass is 35.5. The number of fused-ring (bicyclic) bond motifs is 1. The summed E-state index contributed by atoms with van der Waals surface area (Å²) >= 11 is 6.28. The molecule has 1 aliphatic heterocycles. The minimum absolute atomic E-state index is 0.0544. The van der Waals surface area contributed by atoms with Crippen LogP contribution in [0.25, 0.3) is 22.2 Å². The van der Waals surface area contributed by atoms with Crippen molar-refractivity contribution in [1.82, 2.24) is 25.3 Å². The number of nitrogens with one attached hydrogen (secondary N) is 3. The lowest BCUT2D eigenvalue weighted by Gasteiger charge is -2.32. The van der Waals surface area contributed by atoms with Crippen LogP contribution in [0.15, 0.2) is 66.7 Å². The van der Waals surface area contributed by atoms with Crippen molar-refractivity contribution in [3.8, 4) is 11.3 Å². The maximum Gasteiger partial charge on any atom is 0.251 e. The number of likely N-dealkylation sites (N-methyl/N-ethyl adjacent to an activating group) is 1. The van der Waals surface area contributed by atoms with Crippen LogP contribution in [0, 0.1) is 0 Å². The molecule has 36 heavy (non-hydrogen) atoms. The van der Waals surface area contributed by atoms with Crippen LogP contribution in [-0.4, -0.2) is 72.2 Å². The molecule has 1 fully saturated rings. The Hall–Kier alpha value is -3.39. The Labute approximate surface area is 216 Å². The first-order valence-electron chi connectivity index (χ1n) is 12.4. The van der Waals surface area contributed by atoms with Crippen LogP contribution in [-0.2, 0) is 0 Å². The Morgan fingerprint density at radius 1 is 1.03 bits per heavy atom. The van der Waals surface area contributed by atoms with Gasteiger partial charge in [0, 0.05) is 54.9 Å². The van der Waals surface area contributed by atoms with Crippen molar-refractivity contribution in [2.24, 2.45) is 0 Å². The molecule has 5 rings (SSSR count). The lowest BCUT2D eigenvalue weighted by Crippen LogP contribution is -2.45. The molecule has 0 aliphatic carbocycles. The van der Waals surface area contributed by atoms with Crippen molar-refractivity contribution in [2.45, 2.75) is 6.42 Å². The monoisotopic (exact) mass is 502 g/mol. The number of anilines is 2. The normalized spacial score (nSPS) is 14.7. The number of nitrogens with zero attached hydrogens (tertiary/aromatic N) is 3. The van der Waals surface area contributed by atoms with Gasteiger partial charge in [-0.15, -0.1) is 0 Å². The van der Waals surface area contributed by atoms with Gasteiger partial charge in [0.25, 0.3) is 5.91 Å². The third-order valence-electron chi connectivity index (χ3n) is 6.65. The number of amides is 1. The molecule has 0 spiro atoms. The topological polar surface area (TPSA) is 76.3 Å². The molecule has 4 aromatic rings. The zero-order chi connectivity index (χ0) is 24.9. The molecule has 2 heterocycles. The summed E-state index contributed by atoms with van der Waals surface area (Å²) in [6.07, 6.45) is 0.948. The smallest absolute Gasteiger partial charge is 0.251 e. The van der Waals surface area contributed by atoms with Gasteiger partial charge in [0.15, 0.2) is 0 Å². The van der Waals surface area contributed by atoms with E-state index in [2.05, 4.69) is 37.7 Å². The number of halogens is 1. The highest BCUT2D eigenvalue weighted by Crippen LogP contribution is 2.31. The van der Waals surface area contributed by atoms with Crippen molar-refractivity contribution in [1.29, 1.82) is 0 Å². The van der Waals surface area contributed by atoms with E-state index >= 15 is 0 Å². The van der Waals surface area contributed by atoms with E-state index in [1.165, 1.54) is 0 Å². The van der Waals surface area contributed by atoms with Gasteiger partial charge in [0.2, 0.25) is 0 Å². The summed E-state index contributed by atoms with van der Waals surface area (Å²) < 4.78 is 0. The van der Waals surface area contributed by atoms with Gasteiger partial charge in [-0.2, -0.15) is 5.10 Å². The summed E-state index contributed by atoms with van der Waals surface area (Å²) in [4.78, 5) is 17.6. The number of hydrogen-bond donors (Lipinski definition) is 3. The zero-order valence-corrected chi connectivity index (χ0v) is 21.2. The number of aromatic amines is 1. The second-order valence-corrected chi connectivity index (χ2v) is 9.68. The Morgan fingerprint density at radius 2 is 1.86 bits per heavy atom. The van der Waals surface area contributed by atoms with Crippen LogP contribution in [0.3, 0.4) is 0 Å². The van der Waals surface area contributed by atoms with Crippen molar-refractivity contribution < 1.29 is 4.79 Å². The molecule has 0 bridgehead atoms. The molecule has 1 saturated heterocycles. The first-order valence-corrected chi connectivity index (χ1v) is 12.7. The molecule has 0 atom stereocenters. The summed E-state index contributed by atoms with van der Waals surface area (Å²) in [5.41, 5.74) is 5.02. The quantitative estimate of drug-likeness (QED) is 0.296. The molecule has 186 valence electrons. The molecule has 0 radical (unpaired) electrons. The van der Waals surface area contributed by atoms with Gasteiger partial charge in [-0.1, -0.05) is 35.9 Å². The average Bonchev–Trinajstić information content (AvgIpc) is 3.32. The van der Waals surface area contributed by atoms with E-state index in [9.17, 15) is 4.79 Å². The standard InChI is InChI=1S/C28H31ClN6O/c1-34-14-16-35(17-15-34)13-5-12-30-28(36)21-7-4-6-20(18-21)27-23-11-10-22(19-26(23)32-33-27)31-25-9-3-2-8-24(25)29/h2-4,6-11,18-19,31H,5,12-17H2,1H3,(H,30,36)(H,32,33). The van der Waals surface area contributed by atoms with E-state index in [-0.39, 0.29) is 5.91 Å². The number of aromatic nitrogens is 2. The average molecular weight is 503 g/mol. The molecule has 7 nitrogen and oxygen atoms in total. The summed E-state index contributed by atoms with van der Waals surface area (Å²) in [6, 6.07) is 21.3. The number of piperazine rings is 1. The Morgan fingerprint density at radius 3 is 2.69 bits per heavy atom. The van der Waals surface area contributed by atoms with Crippen molar-refractivity contribution in [3.05, 3.63) is 77.3 Å². The molecule has 1 amide bonds. The fourth-order valence-corrected chi connectivity index (χ4v) is 4.70. The molecule has 0 saturated carbocycles. The second kappa shape index (κ2) is 11.1. The third-order valence-corrected chi connectivity index (χ3v) is 6.98. The molecule has 8 heteroatoms. The van der Waals surface area contributed by atoms with Gasteiger partial charge in [-0.3, -0.25) is 9.89 Å². The highest BCUT2D eigenvalue weighted by Gasteiger charge is 2.14. The second-order valence-electron chi connectivity index (χ2n) is 9.27. The van der Waals surface area contributed by atoms with Gasteiger partial charge in [-0.25, -0.2) is 0 Å².